The number of hydrogen-bond donors (Lipinski definition) is 2. The zero-order valence-electron chi connectivity index (χ0n) is 14.1. The summed E-state index contributed by atoms with van der Waals surface area (Å²) in [6.07, 6.45) is 4.37. The molecule has 1 aliphatic heterocycles. The van der Waals surface area contributed by atoms with Crippen molar-refractivity contribution in [1.29, 1.82) is 0 Å². The second kappa shape index (κ2) is 8.34. The third-order valence-corrected chi connectivity index (χ3v) is 4.33. The van der Waals surface area contributed by atoms with Crippen LogP contribution in [-0.2, 0) is 4.79 Å². The molecule has 1 saturated heterocycles. The Morgan fingerprint density at radius 3 is 2.56 bits per heavy atom. The van der Waals surface area contributed by atoms with Crippen molar-refractivity contribution in [3.8, 4) is 0 Å². The highest BCUT2D eigenvalue weighted by atomic mass is 19.4. The molecule has 1 heterocycles. The highest BCUT2D eigenvalue weighted by molar-refractivity contribution is 5.98. The summed E-state index contributed by atoms with van der Waals surface area (Å²) < 4.78 is 37.6. The smallest absolute Gasteiger partial charge is 0.349 e. The maximum absolute atomic E-state index is 12.6. The molecular weight excluding hydrogens is 329 g/mol. The van der Waals surface area contributed by atoms with Crippen LogP contribution in [0.2, 0.25) is 0 Å². The molecule has 0 aromatic carbocycles. The standard InChI is InChI=1S/C19H23F3N2O/c1-13(7-8-14(2)19(20,21)22)16-5-3-4-6-17(16)18(25)24-15-9-11-23-12-10-15/h4,6-8,15,23H,1-3,5,9-12H2,(H,24,25)/b8-7-. The Morgan fingerprint density at radius 2 is 1.92 bits per heavy atom. The first-order chi connectivity index (χ1) is 11.8. The Balaban J connectivity index is 2.12. The molecule has 0 atom stereocenters. The molecule has 1 amide bonds. The molecular formula is C19H23F3N2O. The minimum atomic E-state index is -4.47. The number of amides is 1. The van der Waals surface area contributed by atoms with Crippen molar-refractivity contribution in [2.24, 2.45) is 0 Å². The zero-order valence-corrected chi connectivity index (χ0v) is 14.1. The highest BCUT2D eigenvalue weighted by Gasteiger charge is 2.30. The van der Waals surface area contributed by atoms with E-state index in [1.165, 1.54) is 6.08 Å². The average Bonchev–Trinajstić information content (AvgIpc) is 2.59. The fourth-order valence-electron chi connectivity index (χ4n) is 2.84. The predicted molar refractivity (Wildman–Crippen MR) is 92.9 cm³/mol. The van der Waals surface area contributed by atoms with Crippen molar-refractivity contribution in [2.45, 2.75) is 37.9 Å². The monoisotopic (exact) mass is 352 g/mol. The van der Waals surface area contributed by atoms with Gasteiger partial charge in [-0.3, -0.25) is 4.79 Å². The lowest BCUT2D eigenvalue weighted by Gasteiger charge is -2.25. The topological polar surface area (TPSA) is 41.1 Å². The fourth-order valence-corrected chi connectivity index (χ4v) is 2.84. The lowest BCUT2D eigenvalue weighted by molar-refractivity contribution is -0.118. The average molecular weight is 352 g/mol. The summed E-state index contributed by atoms with van der Waals surface area (Å²) in [6.45, 7) is 8.57. The Labute approximate surface area is 146 Å². The molecule has 1 aliphatic carbocycles. The second-order valence-electron chi connectivity index (χ2n) is 6.21. The number of rotatable bonds is 5. The molecule has 1 fully saturated rings. The van der Waals surface area contributed by atoms with Crippen LogP contribution >= 0.6 is 0 Å². The van der Waals surface area contributed by atoms with Gasteiger partial charge in [-0.25, -0.2) is 0 Å². The minimum absolute atomic E-state index is 0.117. The van der Waals surface area contributed by atoms with E-state index in [1.807, 2.05) is 6.08 Å². The molecule has 136 valence electrons. The maximum atomic E-state index is 12.6. The second-order valence-corrected chi connectivity index (χ2v) is 6.21. The Morgan fingerprint density at radius 1 is 1.24 bits per heavy atom. The van der Waals surface area contributed by atoms with Crippen LogP contribution in [0, 0.1) is 0 Å². The van der Waals surface area contributed by atoms with Crippen molar-refractivity contribution >= 4 is 5.91 Å². The Kier molecular flexibility index (Phi) is 6.42. The van der Waals surface area contributed by atoms with E-state index in [2.05, 4.69) is 23.8 Å². The molecule has 0 bridgehead atoms. The van der Waals surface area contributed by atoms with E-state index in [9.17, 15) is 18.0 Å². The first kappa shape index (κ1) is 19.2. The molecule has 0 saturated carbocycles. The quantitative estimate of drug-likeness (QED) is 0.740. The van der Waals surface area contributed by atoms with Gasteiger partial charge in [0.25, 0.3) is 5.91 Å². The Hall–Kier alpha value is -2.08. The number of alkyl halides is 3. The van der Waals surface area contributed by atoms with Gasteiger partial charge < -0.3 is 10.6 Å². The van der Waals surface area contributed by atoms with Gasteiger partial charge in [-0.2, -0.15) is 13.2 Å². The van der Waals surface area contributed by atoms with Gasteiger partial charge in [0.1, 0.15) is 0 Å². The van der Waals surface area contributed by atoms with Crippen LogP contribution in [0.4, 0.5) is 13.2 Å². The molecule has 0 radical (unpaired) electrons. The SMILES string of the molecule is C=C(/C=C\C(=C)C(F)(F)F)C1=C(C(=O)NC2CCNCC2)C=CCC1. The molecule has 0 aromatic rings. The van der Waals surface area contributed by atoms with E-state index < -0.39 is 11.7 Å². The minimum Gasteiger partial charge on any atom is -0.349 e. The number of halogens is 3. The summed E-state index contributed by atoms with van der Waals surface area (Å²) in [6, 6.07) is 0.117. The van der Waals surface area contributed by atoms with Gasteiger partial charge in [0.15, 0.2) is 0 Å². The van der Waals surface area contributed by atoms with Gasteiger partial charge in [0.05, 0.1) is 0 Å². The van der Waals surface area contributed by atoms with E-state index in [0.717, 1.165) is 38.4 Å². The van der Waals surface area contributed by atoms with Crippen LogP contribution in [0.3, 0.4) is 0 Å². The molecule has 25 heavy (non-hydrogen) atoms. The lowest BCUT2D eigenvalue weighted by Crippen LogP contribution is -2.43. The molecule has 2 rings (SSSR count). The molecule has 2 N–H and O–H groups in total. The summed E-state index contributed by atoms with van der Waals surface area (Å²) in [5.74, 6) is -0.193. The highest BCUT2D eigenvalue weighted by Crippen LogP contribution is 2.29. The van der Waals surface area contributed by atoms with Crippen LogP contribution in [0.25, 0.3) is 0 Å². The van der Waals surface area contributed by atoms with Crippen LogP contribution in [0.15, 0.2) is 59.8 Å². The van der Waals surface area contributed by atoms with E-state index in [4.69, 9.17) is 0 Å². The number of carbonyl (C=O) groups is 1. The van der Waals surface area contributed by atoms with E-state index >= 15 is 0 Å². The summed E-state index contributed by atoms with van der Waals surface area (Å²) >= 11 is 0. The van der Waals surface area contributed by atoms with Gasteiger partial charge in [-0.05, 0) is 49.9 Å². The van der Waals surface area contributed by atoms with Crippen LogP contribution < -0.4 is 10.6 Å². The van der Waals surface area contributed by atoms with Gasteiger partial charge in [-0.15, -0.1) is 0 Å². The zero-order chi connectivity index (χ0) is 18.4. The fraction of sp³-hybridized carbons (Fsp3) is 0.421. The summed E-state index contributed by atoms with van der Waals surface area (Å²) in [5, 5.41) is 6.25. The molecule has 2 aliphatic rings. The predicted octanol–water partition coefficient (Wildman–Crippen LogP) is 3.73. The normalized spacial score (nSPS) is 19.3. The number of allylic oxidation sites excluding steroid dienone is 6. The van der Waals surface area contributed by atoms with E-state index in [0.29, 0.717) is 23.1 Å². The first-order valence-electron chi connectivity index (χ1n) is 8.33. The third kappa shape index (κ3) is 5.46. The van der Waals surface area contributed by atoms with Crippen molar-refractivity contribution in [3.05, 3.63) is 59.8 Å². The molecule has 0 spiro atoms. The molecule has 3 nitrogen and oxygen atoms in total. The van der Waals surface area contributed by atoms with Gasteiger partial charge in [0.2, 0.25) is 0 Å². The van der Waals surface area contributed by atoms with Crippen molar-refractivity contribution in [1.82, 2.24) is 10.6 Å². The van der Waals surface area contributed by atoms with E-state index in [1.54, 1.807) is 6.08 Å². The van der Waals surface area contributed by atoms with Gasteiger partial charge in [-0.1, -0.05) is 37.5 Å². The van der Waals surface area contributed by atoms with Gasteiger partial charge in [0, 0.05) is 17.2 Å². The molecule has 0 aromatic heterocycles. The van der Waals surface area contributed by atoms with Crippen LogP contribution in [0.5, 0.6) is 0 Å². The summed E-state index contributed by atoms with van der Waals surface area (Å²) in [4.78, 5) is 12.6. The van der Waals surface area contributed by atoms with Crippen LogP contribution in [0.1, 0.15) is 25.7 Å². The largest absolute Gasteiger partial charge is 0.415 e. The third-order valence-electron chi connectivity index (χ3n) is 4.33. The number of carbonyl (C=O) groups excluding carboxylic acids is 1. The molecule has 0 unspecified atom stereocenters. The van der Waals surface area contributed by atoms with Crippen LogP contribution in [-0.4, -0.2) is 31.2 Å². The van der Waals surface area contributed by atoms with Crippen molar-refractivity contribution in [2.75, 3.05) is 13.1 Å². The summed E-state index contributed by atoms with van der Waals surface area (Å²) in [7, 11) is 0. The van der Waals surface area contributed by atoms with Crippen molar-refractivity contribution in [3.63, 3.8) is 0 Å². The number of piperidine rings is 1. The van der Waals surface area contributed by atoms with Gasteiger partial charge >= 0.3 is 6.18 Å². The van der Waals surface area contributed by atoms with Crippen molar-refractivity contribution < 1.29 is 18.0 Å². The first-order valence-corrected chi connectivity index (χ1v) is 8.33. The maximum Gasteiger partial charge on any atom is 0.415 e. The number of hydrogen-bond acceptors (Lipinski definition) is 2. The van der Waals surface area contributed by atoms with E-state index in [-0.39, 0.29) is 11.9 Å². The summed E-state index contributed by atoms with van der Waals surface area (Å²) in [5.41, 5.74) is 0.628. The number of nitrogens with one attached hydrogen (secondary N) is 2. The molecule has 6 heteroatoms. The lowest BCUT2D eigenvalue weighted by atomic mass is 9.91. The Bertz CT molecular complexity index is 636.